The van der Waals surface area contributed by atoms with Crippen LogP contribution in [-0.4, -0.2) is 17.5 Å². The molecule has 1 aliphatic heterocycles. The highest BCUT2D eigenvalue weighted by atomic mass is 19.1. The van der Waals surface area contributed by atoms with Crippen LogP contribution in [0, 0.1) is 17.2 Å². The normalized spacial score (nSPS) is 28.6. The van der Waals surface area contributed by atoms with Crippen LogP contribution in [0.25, 0.3) is 0 Å². The molecule has 100 valence electrons. The molecule has 19 heavy (non-hydrogen) atoms. The fraction of sp³-hybridized carbons (Fsp3) is 0.467. The van der Waals surface area contributed by atoms with Crippen LogP contribution >= 0.6 is 0 Å². The molecular weight excluding hydrogens is 243 g/mol. The molecule has 0 saturated heterocycles. The van der Waals surface area contributed by atoms with Gasteiger partial charge in [0.05, 0.1) is 17.7 Å². The summed E-state index contributed by atoms with van der Waals surface area (Å²) in [5.74, 6) is -0.459. The number of hydrogen-bond acceptors (Lipinski definition) is 3. The van der Waals surface area contributed by atoms with Crippen LogP contribution in [-0.2, 0) is 4.79 Å². The summed E-state index contributed by atoms with van der Waals surface area (Å²) in [6.07, 6.45) is 1.41. The van der Waals surface area contributed by atoms with Gasteiger partial charge >= 0.3 is 0 Å². The SMILES string of the molecule is CC1(C)CC(=O)C2C(c3ccccc3F)=NNC2C1. The first-order chi connectivity index (χ1) is 8.98. The minimum atomic E-state index is -0.318. The zero-order valence-electron chi connectivity index (χ0n) is 11.1. The fourth-order valence-corrected chi connectivity index (χ4v) is 3.17. The third kappa shape index (κ3) is 2.05. The maximum Gasteiger partial charge on any atom is 0.144 e. The Hall–Kier alpha value is -1.71. The molecule has 1 aromatic carbocycles. The first-order valence-corrected chi connectivity index (χ1v) is 6.59. The number of rotatable bonds is 1. The van der Waals surface area contributed by atoms with Crippen LogP contribution in [0.4, 0.5) is 4.39 Å². The lowest BCUT2D eigenvalue weighted by Crippen LogP contribution is -2.45. The van der Waals surface area contributed by atoms with Crippen molar-refractivity contribution in [3.8, 4) is 0 Å². The molecule has 0 aromatic heterocycles. The molecule has 0 radical (unpaired) electrons. The summed E-state index contributed by atoms with van der Waals surface area (Å²) in [7, 11) is 0. The van der Waals surface area contributed by atoms with Gasteiger partial charge < -0.3 is 5.43 Å². The number of carbonyl (C=O) groups is 1. The number of Topliss-reactive ketones (excluding diaryl/α,β-unsaturated/α-hetero) is 1. The molecule has 4 heteroatoms. The second-order valence-electron chi connectivity index (χ2n) is 6.20. The van der Waals surface area contributed by atoms with Crippen LogP contribution in [0.2, 0.25) is 0 Å². The fourth-order valence-electron chi connectivity index (χ4n) is 3.17. The summed E-state index contributed by atoms with van der Waals surface area (Å²) < 4.78 is 13.9. The zero-order chi connectivity index (χ0) is 13.6. The summed E-state index contributed by atoms with van der Waals surface area (Å²) in [5.41, 5.74) is 4.01. The standard InChI is InChI=1S/C15H17FN2O/c1-15(2)7-11-13(12(19)8-15)14(18-17-11)9-5-3-4-6-10(9)16/h3-6,11,13,17H,7-8H2,1-2H3. The molecule has 0 amide bonds. The largest absolute Gasteiger partial charge is 0.306 e. The van der Waals surface area contributed by atoms with E-state index >= 15 is 0 Å². The van der Waals surface area contributed by atoms with Gasteiger partial charge in [-0.2, -0.15) is 5.10 Å². The number of nitrogens with one attached hydrogen (secondary N) is 1. The molecule has 2 aliphatic rings. The zero-order valence-corrected chi connectivity index (χ0v) is 11.1. The average molecular weight is 260 g/mol. The highest BCUT2D eigenvalue weighted by Crippen LogP contribution is 2.39. The third-order valence-electron chi connectivity index (χ3n) is 3.97. The molecule has 1 N–H and O–H groups in total. The molecule has 1 aliphatic carbocycles. The van der Waals surface area contributed by atoms with Gasteiger partial charge in [-0.3, -0.25) is 4.79 Å². The molecule has 0 bridgehead atoms. The van der Waals surface area contributed by atoms with E-state index in [9.17, 15) is 9.18 Å². The lowest BCUT2D eigenvalue weighted by Gasteiger charge is -2.36. The maximum absolute atomic E-state index is 13.9. The molecule has 1 heterocycles. The lowest BCUT2D eigenvalue weighted by atomic mass is 9.68. The smallest absolute Gasteiger partial charge is 0.144 e. The number of fused-ring (bicyclic) bond motifs is 1. The van der Waals surface area contributed by atoms with E-state index < -0.39 is 0 Å². The minimum absolute atomic E-state index is 0.00542. The van der Waals surface area contributed by atoms with E-state index in [0.29, 0.717) is 17.7 Å². The van der Waals surface area contributed by atoms with Gasteiger partial charge in [0.1, 0.15) is 11.6 Å². The van der Waals surface area contributed by atoms with Crippen molar-refractivity contribution < 1.29 is 9.18 Å². The Morgan fingerprint density at radius 3 is 2.84 bits per heavy atom. The molecule has 3 nitrogen and oxygen atoms in total. The predicted octanol–water partition coefficient (Wildman–Crippen LogP) is 2.51. The van der Waals surface area contributed by atoms with E-state index in [1.165, 1.54) is 6.07 Å². The van der Waals surface area contributed by atoms with Gasteiger partial charge in [0.2, 0.25) is 0 Å². The van der Waals surface area contributed by atoms with Gasteiger partial charge in [-0.1, -0.05) is 32.0 Å². The van der Waals surface area contributed by atoms with Gasteiger partial charge in [0.15, 0.2) is 0 Å². The number of ketones is 1. The number of nitrogens with zero attached hydrogens (tertiary/aromatic N) is 1. The molecule has 3 rings (SSSR count). The first-order valence-electron chi connectivity index (χ1n) is 6.59. The van der Waals surface area contributed by atoms with Gasteiger partial charge in [-0.05, 0) is 17.9 Å². The Balaban J connectivity index is 1.95. The van der Waals surface area contributed by atoms with Crippen LogP contribution < -0.4 is 5.43 Å². The van der Waals surface area contributed by atoms with Crippen LogP contribution in [0.3, 0.4) is 0 Å². The van der Waals surface area contributed by atoms with E-state index in [2.05, 4.69) is 24.4 Å². The summed E-state index contributed by atoms with van der Waals surface area (Å²) in [6.45, 7) is 4.17. The number of halogens is 1. The van der Waals surface area contributed by atoms with Crippen molar-refractivity contribution in [2.75, 3.05) is 0 Å². The number of benzene rings is 1. The van der Waals surface area contributed by atoms with Gasteiger partial charge in [-0.15, -0.1) is 0 Å². The van der Waals surface area contributed by atoms with Gasteiger partial charge in [0.25, 0.3) is 0 Å². The van der Waals surface area contributed by atoms with E-state index in [0.717, 1.165) is 6.42 Å². The van der Waals surface area contributed by atoms with Crippen LogP contribution in [0.5, 0.6) is 0 Å². The van der Waals surface area contributed by atoms with Crippen molar-refractivity contribution in [1.82, 2.24) is 5.43 Å². The third-order valence-corrected chi connectivity index (χ3v) is 3.97. The molecule has 2 atom stereocenters. The van der Waals surface area contributed by atoms with Gasteiger partial charge in [0, 0.05) is 12.0 Å². The maximum atomic E-state index is 13.9. The Morgan fingerprint density at radius 1 is 1.37 bits per heavy atom. The molecule has 0 spiro atoms. The Kier molecular flexibility index (Phi) is 2.69. The summed E-state index contributed by atoms with van der Waals surface area (Å²) >= 11 is 0. The second kappa shape index (κ2) is 4.15. The monoisotopic (exact) mass is 260 g/mol. The highest BCUT2D eigenvalue weighted by molar-refractivity contribution is 6.15. The molecule has 1 fully saturated rings. The van der Waals surface area contributed by atoms with Crippen molar-refractivity contribution in [2.45, 2.75) is 32.7 Å². The summed E-state index contributed by atoms with van der Waals surface area (Å²) in [6, 6.07) is 6.51. The van der Waals surface area contributed by atoms with E-state index in [4.69, 9.17) is 0 Å². The van der Waals surface area contributed by atoms with E-state index in [-0.39, 0.29) is 29.0 Å². The van der Waals surface area contributed by atoms with Crippen molar-refractivity contribution in [3.63, 3.8) is 0 Å². The van der Waals surface area contributed by atoms with Gasteiger partial charge in [-0.25, -0.2) is 4.39 Å². The summed E-state index contributed by atoms with van der Waals surface area (Å²) in [5, 5.41) is 4.23. The first kappa shape index (κ1) is 12.3. The Bertz CT molecular complexity index is 565. The second-order valence-corrected chi connectivity index (χ2v) is 6.20. The molecule has 2 unspecified atom stereocenters. The molecule has 1 saturated carbocycles. The van der Waals surface area contributed by atoms with Crippen LogP contribution in [0.15, 0.2) is 29.4 Å². The summed E-state index contributed by atoms with van der Waals surface area (Å²) in [4.78, 5) is 12.3. The average Bonchev–Trinajstić information content (AvgIpc) is 2.71. The van der Waals surface area contributed by atoms with E-state index in [1.807, 2.05) is 0 Å². The number of hydrazone groups is 1. The van der Waals surface area contributed by atoms with Crippen molar-refractivity contribution in [3.05, 3.63) is 35.6 Å². The predicted molar refractivity (Wildman–Crippen MR) is 71.4 cm³/mol. The molecular formula is C15H17FN2O. The molecule has 1 aromatic rings. The minimum Gasteiger partial charge on any atom is -0.306 e. The van der Waals surface area contributed by atoms with Crippen molar-refractivity contribution in [2.24, 2.45) is 16.4 Å². The number of carbonyl (C=O) groups excluding carboxylic acids is 1. The highest BCUT2D eigenvalue weighted by Gasteiger charge is 2.46. The quantitative estimate of drug-likeness (QED) is 0.843. The topological polar surface area (TPSA) is 41.5 Å². The number of hydrogen-bond donors (Lipinski definition) is 1. The van der Waals surface area contributed by atoms with Crippen molar-refractivity contribution >= 4 is 11.5 Å². The Labute approximate surface area is 111 Å². The van der Waals surface area contributed by atoms with E-state index in [1.54, 1.807) is 18.2 Å². The van der Waals surface area contributed by atoms with Crippen LogP contribution in [0.1, 0.15) is 32.3 Å². The lowest BCUT2D eigenvalue weighted by molar-refractivity contribution is -0.126. The van der Waals surface area contributed by atoms with Crippen molar-refractivity contribution in [1.29, 1.82) is 0 Å². The Morgan fingerprint density at radius 2 is 2.11 bits per heavy atom.